The number of hydrogen-bond donors (Lipinski definition) is 2. The second-order valence-corrected chi connectivity index (χ2v) is 3.94. The predicted molar refractivity (Wildman–Crippen MR) is 71.2 cm³/mol. The van der Waals surface area contributed by atoms with Crippen molar-refractivity contribution in [3.63, 3.8) is 0 Å². The van der Waals surface area contributed by atoms with Gasteiger partial charge >= 0.3 is 5.97 Å². The van der Waals surface area contributed by atoms with Gasteiger partial charge in [-0.3, -0.25) is 0 Å². The van der Waals surface area contributed by atoms with Gasteiger partial charge < -0.3 is 15.6 Å². The minimum absolute atomic E-state index is 0.0122. The highest BCUT2D eigenvalue weighted by Gasteiger charge is 2.17. The van der Waals surface area contributed by atoms with Gasteiger partial charge in [0.05, 0.1) is 0 Å². The van der Waals surface area contributed by atoms with Gasteiger partial charge in [-0.15, -0.1) is 6.58 Å². The number of nitrogens with two attached hydrogens (primary N) is 1. The Morgan fingerprint density at radius 1 is 1.56 bits per heavy atom. The summed E-state index contributed by atoms with van der Waals surface area (Å²) in [6, 6.07) is 2.36. The van der Waals surface area contributed by atoms with E-state index in [2.05, 4.69) is 13.2 Å². The van der Waals surface area contributed by atoms with Crippen molar-refractivity contribution in [2.75, 3.05) is 6.61 Å². The molecule has 0 fully saturated rings. The molecule has 0 heterocycles. The summed E-state index contributed by atoms with van der Waals surface area (Å²) in [4.78, 5) is 11.1. The summed E-state index contributed by atoms with van der Waals surface area (Å²) in [5.74, 6) is -0.909. The molecule has 0 bridgehead atoms. The minimum atomic E-state index is -1.12. The van der Waals surface area contributed by atoms with Gasteiger partial charge in [-0.25, -0.2) is 4.79 Å². The summed E-state index contributed by atoms with van der Waals surface area (Å²) in [7, 11) is 0. The van der Waals surface area contributed by atoms with E-state index in [-0.39, 0.29) is 22.9 Å². The molecule has 0 saturated carbocycles. The molecule has 0 aliphatic carbocycles. The van der Waals surface area contributed by atoms with Crippen molar-refractivity contribution in [1.82, 2.24) is 0 Å². The molecular formula is C13H14ClNO3. The number of carbonyl (C=O) groups is 1. The molecule has 1 aromatic rings. The van der Waals surface area contributed by atoms with Crippen LogP contribution in [0.2, 0.25) is 5.02 Å². The largest absolute Gasteiger partial charge is 0.489 e. The van der Waals surface area contributed by atoms with E-state index in [9.17, 15) is 4.79 Å². The van der Waals surface area contributed by atoms with Crippen molar-refractivity contribution in [2.24, 2.45) is 5.73 Å². The van der Waals surface area contributed by atoms with E-state index in [1.807, 2.05) is 0 Å². The highest BCUT2D eigenvalue weighted by molar-refractivity contribution is 6.31. The Labute approximate surface area is 110 Å². The standard InChI is InChI=1S/C13H14ClNO3/c1-3-5-18-12-7-8(11(15)4-2)10(14)6-9(12)13(16)17/h3-4,6-7,11H,1-2,5,15H2,(H,16,17). The average molecular weight is 268 g/mol. The van der Waals surface area contributed by atoms with Crippen LogP contribution in [0.25, 0.3) is 0 Å². The van der Waals surface area contributed by atoms with Crippen LogP contribution in [0.15, 0.2) is 37.4 Å². The van der Waals surface area contributed by atoms with Crippen LogP contribution in [-0.2, 0) is 0 Å². The van der Waals surface area contributed by atoms with Gasteiger partial charge in [-0.2, -0.15) is 0 Å². The van der Waals surface area contributed by atoms with Gasteiger partial charge in [0.1, 0.15) is 17.9 Å². The maximum Gasteiger partial charge on any atom is 0.339 e. The Hall–Kier alpha value is -1.78. The molecule has 0 amide bonds. The molecule has 0 aliphatic rings. The fraction of sp³-hybridized carbons (Fsp3) is 0.154. The normalized spacial score (nSPS) is 11.7. The molecule has 5 heteroatoms. The number of rotatable bonds is 6. The first-order chi connectivity index (χ1) is 8.51. The molecule has 0 radical (unpaired) electrons. The number of carboxylic acid groups (broad SMARTS) is 1. The molecule has 0 saturated heterocycles. The SMILES string of the molecule is C=CCOc1cc(C(N)C=C)c(Cl)cc1C(=O)O. The quantitative estimate of drug-likeness (QED) is 0.778. The van der Waals surface area contributed by atoms with Crippen LogP contribution in [0.4, 0.5) is 0 Å². The van der Waals surface area contributed by atoms with E-state index in [4.69, 9.17) is 27.2 Å². The number of halogens is 1. The summed E-state index contributed by atoms with van der Waals surface area (Å²) in [5, 5.41) is 9.33. The molecule has 3 N–H and O–H groups in total. The topological polar surface area (TPSA) is 72.5 Å². The third kappa shape index (κ3) is 3.12. The van der Waals surface area contributed by atoms with E-state index in [1.54, 1.807) is 0 Å². The lowest BCUT2D eigenvalue weighted by Gasteiger charge is -2.14. The Kier molecular flexibility index (Phi) is 4.95. The molecule has 1 atom stereocenters. The van der Waals surface area contributed by atoms with Crippen LogP contribution >= 0.6 is 11.6 Å². The van der Waals surface area contributed by atoms with E-state index in [1.165, 1.54) is 24.3 Å². The molecule has 0 aromatic heterocycles. The second-order valence-electron chi connectivity index (χ2n) is 3.54. The number of hydrogen-bond acceptors (Lipinski definition) is 3. The Bertz CT molecular complexity index is 485. The maximum absolute atomic E-state index is 11.1. The third-order valence-electron chi connectivity index (χ3n) is 2.30. The van der Waals surface area contributed by atoms with Gasteiger partial charge in [-0.1, -0.05) is 30.3 Å². The van der Waals surface area contributed by atoms with Gasteiger partial charge in [0.2, 0.25) is 0 Å². The van der Waals surface area contributed by atoms with Crippen molar-refractivity contribution >= 4 is 17.6 Å². The van der Waals surface area contributed by atoms with Gasteiger partial charge in [-0.05, 0) is 17.7 Å². The summed E-state index contributed by atoms with van der Waals surface area (Å²) >= 11 is 5.99. The van der Waals surface area contributed by atoms with E-state index in [0.717, 1.165) is 0 Å². The molecular weight excluding hydrogens is 254 g/mol. The monoisotopic (exact) mass is 267 g/mol. The smallest absolute Gasteiger partial charge is 0.339 e. The molecule has 0 spiro atoms. The highest BCUT2D eigenvalue weighted by Crippen LogP contribution is 2.30. The molecule has 1 rings (SSSR count). The van der Waals surface area contributed by atoms with E-state index in [0.29, 0.717) is 5.56 Å². The fourth-order valence-electron chi connectivity index (χ4n) is 1.39. The number of ether oxygens (including phenoxy) is 1. The Balaban J connectivity index is 3.29. The predicted octanol–water partition coefficient (Wildman–Crippen LogP) is 2.79. The molecule has 96 valence electrons. The summed E-state index contributed by atoms with van der Waals surface area (Å²) in [5.41, 5.74) is 6.35. The Morgan fingerprint density at radius 3 is 2.72 bits per heavy atom. The fourth-order valence-corrected chi connectivity index (χ4v) is 1.68. The molecule has 0 aliphatic heterocycles. The van der Waals surface area contributed by atoms with Crippen LogP contribution < -0.4 is 10.5 Å². The molecule has 18 heavy (non-hydrogen) atoms. The second kappa shape index (κ2) is 6.23. The van der Waals surface area contributed by atoms with Gasteiger partial charge in [0.15, 0.2) is 0 Å². The zero-order chi connectivity index (χ0) is 13.7. The number of carboxylic acids is 1. The van der Waals surface area contributed by atoms with Crippen LogP contribution in [0, 0.1) is 0 Å². The third-order valence-corrected chi connectivity index (χ3v) is 2.63. The number of aromatic carboxylic acids is 1. The number of benzene rings is 1. The first-order valence-electron chi connectivity index (χ1n) is 5.19. The van der Waals surface area contributed by atoms with Crippen molar-refractivity contribution < 1.29 is 14.6 Å². The van der Waals surface area contributed by atoms with Crippen LogP contribution in [0.1, 0.15) is 22.0 Å². The van der Waals surface area contributed by atoms with Gasteiger partial charge in [0, 0.05) is 11.1 Å². The summed E-state index contributed by atoms with van der Waals surface area (Å²) in [6.07, 6.45) is 3.03. The average Bonchev–Trinajstić information content (AvgIpc) is 2.35. The van der Waals surface area contributed by atoms with Crippen molar-refractivity contribution in [1.29, 1.82) is 0 Å². The zero-order valence-corrected chi connectivity index (χ0v) is 10.5. The first-order valence-corrected chi connectivity index (χ1v) is 5.57. The van der Waals surface area contributed by atoms with Crippen LogP contribution in [0.5, 0.6) is 5.75 Å². The van der Waals surface area contributed by atoms with Crippen molar-refractivity contribution in [3.05, 3.63) is 53.6 Å². The van der Waals surface area contributed by atoms with E-state index < -0.39 is 12.0 Å². The van der Waals surface area contributed by atoms with Crippen molar-refractivity contribution in [2.45, 2.75) is 6.04 Å². The zero-order valence-electron chi connectivity index (χ0n) is 9.73. The molecule has 4 nitrogen and oxygen atoms in total. The molecule has 1 aromatic carbocycles. The minimum Gasteiger partial charge on any atom is -0.489 e. The summed E-state index contributed by atoms with van der Waals surface area (Å²) in [6.45, 7) is 7.27. The van der Waals surface area contributed by atoms with Crippen molar-refractivity contribution in [3.8, 4) is 5.75 Å². The lowest BCUT2D eigenvalue weighted by atomic mass is 10.0. The Morgan fingerprint density at radius 2 is 2.22 bits per heavy atom. The lowest BCUT2D eigenvalue weighted by Crippen LogP contribution is -2.10. The lowest BCUT2D eigenvalue weighted by molar-refractivity contribution is 0.0692. The van der Waals surface area contributed by atoms with Crippen LogP contribution in [-0.4, -0.2) is 17.7 Å². The van der Waals surface area contributed by atoms with E-state index >= 15 is 0 Å². The summed E-state index contributed by atoms with van der Waals surface area (Å²) < 4.78 is 5.29. The first kappa shape index (κ1) is 14.3. The maximum atomic E-state index is 11.1. The van der Waals surface area contributed by atoms with Gasteiger partial charge in [0.25, 0.3) is 0 Å². The highest BCUT2D eigenvalue weighted by atomic mass is 35.5. The van der Waals surface area contributed by atoms with Crippen LogP contribution in [0.3, 0.4) is 0 Å². The molecule has 1 unspecified atom stereocenters.